The van der Waals surface area contributed by atoms with Gasteiger partial charge in [-0.15, -0.1) is 0 Å². The van der Waals surface area contributed by atoms with Crippen molar-refractivity contribution in [2.24, 2.45) is 5.92 Å². The number of likely N-dealkylation sites (tertiary alicyclic amines) is 1. The molecule has 0 aromatic carbocycles. The Morgan fingerprint density at radius 3 is 2.67 bits per heavy atom. The lowest BCUT2D eigenvalue weighted by atomic mass is 9.88. The van der Waals surface area contributed by atoms with Crippen molar-refractivity contribution in [2.45, 2.75) is 77.8 Å². The van der Waals surface area contributed by atoms with E-state index in [9.17, 15) is 4.79 Å². The molecule has 0 bridgehead atoms. The maximum absolute atomic E-state index is 13.2. The third-order valence-electron chi connectivity index (χ3n) is 6.94. The summed E-state index contributed by atoms with van der Waals surface area (Å²) in [6.07, 6.45) is 26.7. The van der Waals surface area contributed by atoms with Crippen LogP contribution in [0, 0.1) is 5.92 Å². The Balaban J connectivity index is 1.73. The number of piperidine rings is 1. The summed E-state index contributed by atoms with van der Waals surface area (Å²) in [5.41, 5.74) is 3.54. The summed E-state index contributed by atoms with van der Waals surface area (Å²) in [5.74, 6) is 0.667. The van der Waals surface area contributed by atoms with E-state index in [-0.39, 0.29) is 18.0 Å². The van der Waals surface area contributed by atoms with Gasteiger partial charge in [0.05, 0.1) is 18.5 Å². The van der Waals surface area contributed by atoms with Crippen molar-refractivity contribution in [3.63, 3.8) is 0 Å². The van der Waals surface area contributed by atoms with E-state index in [1.165, 1.54) is 24.8 Å². The van der Waals surface area contributed by atoms with Crippen molar-refractivity contribution in [2.75, 3.05) is 19.6 Å². The van der Waals surface area contributed by atoms with Gasteiger partial charge in [0.15, 0.2) is 0 Å². The van der Waals surface area contributed by atoms with Gasteiger partial charge in [0.1, 0.15) is 0 Å². The SMILES string of the molecule is CCNC1=CCC=C(CC(=O)NC(CC(C)CC)C2=CC=CC=CC2N2CCCCC2)C=C1. The Labute approximate surface area is 201 Å². The first-order valence-corrected chi connectivity index (χ1v) is 13.0. The number of likely N-dealkylation sites (N-methyl/N-ethyl adjacent to an activating group) is 1. The second kappa shape index (κ2) is 13.4. The summed E-state index contributed by atoms with van der Waals surface area (Å²) >= 11 is 0. The fourth-order valence-corrected chi connectivity index (χ4v) is 4.88. The average molecular weight is 450 g/mol. The number of amides is 1. The molecule has 3 unspecified atom stereocenters. The van der Waals surface area contributed by atoms with Gasteiger partial charge < -0.3 is 10.6 Å². The number of nitrogens with one attached hydrogen (secondary N) is 2. The molecule has 4 heteroatoms. The summed E-state index contributed by atoms with van der Waals surface area (Å²) in [4.78, 5) is 15.8. The Kier molecular flexibility index (Phi) is 10.3. The first kappa shape index (κ1) is 25.3. The van der Waals surface area contributed by atoms with Crippen LogP contribution in [0.1, 0.15) is 65.7 Å². The molecular formula is C29H43N3O. The van der Waals surface area contributed by atoms with Crippen molar-refractivity contribution in [3.8, 4) is 0 Å². The van der Waals surface area contributed by atoms with Gasteiger partial charge in [0.25, 0.3) is 0 Å². The van der Waals surface area contributed by atoms with E-state index in [0.29, 0.717) is 12.3 Å². The Morgan fingerprint density at radius 2 is 1.91 bits per heavy atom. The van der Waals surface area contributed by atoms with E-state index in [1.54, 1.807) is 0 Å². The maximum Gasteiger partial charge on any atom is 0.224 e. The molecule has 1 aliphatic heterocycles. The second-order valence-electron chi connectivity index (χ2n) is 9.56. The maximum atomic E-state index is 13.2. The molecule has 2 N–H and O–H groups in total. The number of carbonyl (C=O) groups is 1. The molecule has 1 fully saturated rings. The summed E-state index contributed by atoms with van der Waals surface area (Å²) in [5, 5.41) is 6.80. The topological polar surface area (TPSA) is 44.4 Å². The Hall–Kier alpha value is -2.33. The zero-order chi connectivity index (χ0) is 23.5. The molecule has 0 saturated carbocycles. The third kappa shape index (κ3) is 7.89. The predicted molar refractivity (Wildman–Crippen MR) is 140 cm³/mol. The van der Waals surface area contributed by atoms with Crippen LogP contribution < -0.4 is 10.6 Å². The van der Waals surface area contributed by atoms with E-state index in [4.69, 9.17) is 0 Å². The molecule has 0 spiro atoms. The number of hydrogen-bond donors (Lipinski definition) is 2. The minimum absolute atomic E-state index is 0.0533. The summed E-state index contributed by atoms with van der Waals surface area (Å²) < 4.78 is 0. The first-order chi connectivity index (χ1) is 16.1. The molecule has 3 aliphatic rings. The lowest BCUT2D eigenvalue weighted by Crippen LogP contribution is -2.46. The van der Waals surface area contributed by atoms with Crippen molar-refractivity contribution >= 4 is 5.91 Å². The third-order valence-corrected chi connectivity index (χ3v) is 6.94. The van der Waals surface area contributed by atoms with Crippen molar-refractivity contribution in [3.05, 3.63) is 71.5 Å². The highest BCUT2D eigenvalue weighted by Crippen LogP contribution is 2.26. The van der Waals surface area contributed by atoms with Crippen LogP contribution in [0.15, 0.2) is 71.5 Å². The molecule has 1 saturated heterocycles. The monoisotopic (exact) mass is 449 g/mol. The van der Waals surface area contributed by atoms with Crippen LogP contribution >= 0.6 is 0 Å². The van der Waals surface area contributed by atoms with Crippen LogP contribution in [-0.2, 0) is 4.79 Å². The number of hydrogen-bond acceptors (Lipinski definition) is 3. The molecule has 0 aromatic rings. The highest BCUT2D eigenvalue weighted by Gasteiger charge is 2.29. The highest BCUT2D eigenvalue weighted by atomic mass is 16.1. The standard InChI is InChI=1S/C29H43N3O/c1-4-23(3)21-27(26-15-8-6-9-16-28(26)32-19-10-7-11-20-32)31-29(33)22-24-13-12-14-25(18-17-24)30-5-2/h6,8-9,13-18,23,27-28,30H,4-5,7,10-12,19-22H2,1-3H3,(H,31,33). The van der Waals surface area contributed by atoms with Crippen LogP contribution in [0.3, 0.4) is 0 Å². The van der Waals surface area contributed by atoms with Gasteiger partial charge in [-0.25, -0.2) is 0 Å². The molecule has 1 amide bonds. The normalized spacial score (nSPS) is 23.0. The minimum Gasteiger partial charge on any atom is -0.386 e. The molecule has 3 atom stereocenters. The van der Waals surface area contributed by atoms with Gasteiger partial charge in [-0.3, -0.25) is 9.69 Å². The average Bonchev–Trinajstić information content (AvgIpc) is 3.20. The number of nitrogens with zero attached hydrogens (tertiary/aromatic N) is 1. The van der Waals surface area contributed by atoms with Gasteiger partial charge in [0.2, 0.25) is 5.91 Å². The Bertz CT molecular complexity index is 824. The number of carbonyl (C=O) groups excluding carboxylic acids is 1. The van der Waals surface area contributed by atoms with E-state index in [0.717, 1.165) is 50.2 Å². The lowest BCUT2D eigenvalue weighted by Gasteiger charge is -2.37. The molecule has 3 rings (SSSR count). The summed E-state index contributed by atoms with van der Waals surface area (Å²) in [6, 6.07) is 0.316. The molecular weight excluding hydrogens is 406 g/mol. The van der Waals surface area contributed by atoms with Gasteiger partial charge in [-0.05, 0) is 68.8 Å². The molecule has 0 aromatic heterocycles. The van der Waals surface area contributed by atoms with Crippen LogP contribution in [0.2, 0.25) is 0 Å². The van der Waals surface area contributed by atoms with Gasteiger partial charge in [0, 0.05) is 12.2 Å². The Morgan fingerprint density at radius 1 is 1.09 bits per heavy atom. The summed E-state index contributed by atoms with van der Waals surface area (Å²) in [7, 11) is 0. The van der Waals surface area contributed by atoms with Crippen LogP contribution in [0.4, 0.5) is 0 Å². The lowest BCUT2D eigenvalue weighted by molar-refractivity contribution is -0.121. The largest absolute Gasteiger partial charge is 0.386 e. The van der Waals surface area contributed by atoms with Crippen molar-refractivity contribution in [1.82, 2.24) is 15.5 Å². The predicted octanol–water partition coefficient (Wildman–Crippen LogP) is 5.58. The quantitative estimate of drug-likeness (QED) is 0.457. The number of rotatable bonds is 10. The zero-order valence-electron chi connectivity index (χ0n) is 20.9. The van der Waals surface area contributed by atoms with E-state index < -0.39 is 0 Å². The molecule has 180 valence electrons. The van der Waals surface area contributed by atoms with Crippen LogP contribution in [0.25, 0.3) is 0 Å². The molecule has 0 radical (unpaired) electrons. The second-order valence-corrected chi connectivity index (χ2v) is 9.56. The number of allylic oxidation sites excluding steroid dienone is 8. The van der Waals surface area contributed by atoms with Crippen LogP contribution in [0.5, 0.6) is 0 Å². The first-order valence-electron chi connectivity index (χ1n) is 13.0. The van der Waals surface area contributed by atoms with Gasteiger partial charge in [-0.2, -0.15) is 0 Å². The van der Waals surface area contributed by atoms with Crippen molar-refractivity contribution < 1.29 is 4.79 Å². The van der Waals surface area contributed by atoms with Gasteiger partial charge in [-0.1, -0.05) is 75.3 Å². The van der Waals surface area contributed by atoms with Crippen molar-refractivity contribution in [1.29, 1.82) is 0 Å². The van der Waals surface area contributed by atoms with Crippen LogP contribution in [-0.4, -0.2) is 42.5 Å². The fraction of sp³-hybridized carbons (Fsp3) is 0.552. The van der Waals surface area contributed by atoms with E-state index in [1.807, 2.05) is 0 Å². The zero-order valence-corrected chi connectivity index (χ0v) is 20.9. The molecule has 1 heterocycles. The van der Waals surface area contributed by atoms with E-state index >= 15 is 0 Å². The smallest absolute Gasteiger partial charge is 0.224 e. The summed E-state index contributed by atoms with van der Waals surface area (Å²) in [6.45, 7) is 9.80. The molecule has 4 nitrogen and oxygen atoms in total. The van der Waals surface area contributed by atoms with Gasteiger partial charge >= 0.3 is 0 Å². The highest BCUT2D eigenvalue weighted by molar-refractivity contribution is 5.80. The minimum atomic E-state index is 0.0533. The van der Waals surface area contributed by atoms with E-state index in [2.05, 4.69) is 91.0 Å². The molecule has 2 aliphatic carbocycles. The fourth-order valence-electron chi connectivity index (χ4n) is 4.88. The molecule has 33 heavy (non-hydrogen) atoms.